The fraction of sp³-hybridized carbons (Fsp3) is 0.438. The van der Waals surface area contributed by atoms with Gasteiger partial charge in [0.15, 0.2) is 0 Å². The molecule has 20 heavy (non-hydrogen) atoms. The number of hydrogen-bond acceptors (Lipinski definition) is 2. The van der Waals surface area contributed by atoms with E-state index in [4.69, 9.17) is 0 Å². The van der Waals surface area contributed by atoms with Gasteiger partial charge in [-0.2, -0.15) is 5.10 Å². The minimum atomic E-state index is 0.489. The quantitative estimate of drug-likeness (QED) is 0.913. The molecule has 1 aromatic heterocycles. The number of aromatic nitrogens is 2. The Morgan fingerprint density at radius 3 is 2.50 bits per heavy atom. The molecule has 0 fully saturated rings. The van der Waals surface area contributed by atoms with Crippen LogP contribution >= 0.6 is 15.9 Å². The van der Waals surface area contributed by atoms with Crippen LogP contribution in [0.4, 0.5) is 0 Å². The number of halogens is 1. The predicted octanol–water partition coefficient (Wildman–Crippen LogP) is 4.06. The average molecular weight is 336 g/mol. The Kier molecular flexibility index (Phi) is 4.66. The molecule has 0 bridgehead atoms. The second-order valence-corrected chi connectivity index (χ2v) is 6.35. The maximum Gasteiger partial charge on any atom is 0.0743 e. The van der Waals surface area contributed by atoms with E-state index < -0.39 is 0 Å². The lowest BCUT2D eigenvalue weighted by molar-refractivity contribution is 0.588. The molecule has 0 saturated carbocycles. The van der Waals surface area contributed by atoms with Crippen LogP contribution in [0.25, 0.3) is 5.69 Å². The smallest absolute Gasteiger partial charge is 0.0743 e. The molecule has 108 valence electrons. The molecule has 0 aliphatic rings. The summed E-state index contributed by atoms with van der Waals surface area (Å²) >= 11 is 3.59. The molecule has 0 amide bonds. The fourth-order valence-corrected chi connectivity index (χ4v) is 2.42. The highest BCUT2D eigenvalue weighted by Gasteiger charge is 2.12. The van der Waals surface area contributed by atoms with Crippen LogP contribution in [0.5, 0.6) is 0 Å². The summed E-state index contributed by atoms with van der Waals surface area (Å²) in [6, 6.07) is 7.05. The van der Waals surface area contributed by atoms with Crippen LogP contribution in [0, 0.1) is 20.8 Å². The van der Waals surface area contributed by atoms with Gasteiger partial charge in [0.25, 0.3) is 0 Å². The Bertz CT molecular complexity index is 614. The van der Waals surface area contributed by atoms with Crippen molar-refractivity contribution in [3.05, 3.63) is 45.2 Å². The van der Waals surface area contributed by atoms with Gasteiger partial charge in [0.05, 0.1) is 21.5 Å². The zero-order valence-electron chi connectivity index (χ0n) is 12.8. The lowest BCUT2D eigenvalue weighted by Gasteiger charge is -2.13. The van der Waals surface area contributed by atoms with E-state index in [2.05, 4.69) is 72.2 Å². The van der Waals surface area contributed by atoms with Gasteiger partial charge in [-0.3, -0.25) is 0 Å². The van der Waals surface area contributed by atoms with Crippen molar-refractivity contribution < 1.29 is 0 Å². The van der Waals surface area contributed by atoms with Gasteiger partial charge in [-0.25, -0.2) is 4.68 Å². The molecule has 0 radical (unpaired) electrons. The van der Waals surface area contributed by atoms with Crippen molar-refractivity contribution >= 4 is 15.9 Å². The second kappa shape index (κ2) is 6.10. The molecule has 2 rings (SSSR count). The van der Waals surface area contributed by atoms with Gasteiger partial charge in [0.1, 0.15) is 0 Å². The van der Waals surface area contributed by atoms with E-state index in [0.717, 1.165) is 28.1 Å². The zero-order valence-corrected chi connectivity index (χ0v) is 14.4. The van der Waals surface area contributed by atoms with Crippen molar-refractivity contribution in [2.45, 2.75) is 47.2 Å². The van der Waals surface area contributed by atoms with Gasteiger partial charge in [-0.1, -0.05) is 26.0 Å². The van der Waals surface area contributed by atoms with Crippen molar-refractivity contribution in [2.24, 2.45) is 0 Å². The Morgan fingerprint density at radius 2 is 1.95 bits per heavy atom. The van der Waals surface area contributed by atoms with Crippen LogP contribution in [0.15, 0.2) is 22.7 Å². The minimum absolute atomic E-state index is 0.489. The van der Waals surface area contributed by atoms with Gasteiger partial charge in [0, 0.05) is 12.6 Å². The topological polar surface area (TPSA) is 29.9 Å². The minimum Gasteiger partial charge on any atom is -0.310 e. The Balaban J connectivity index is 2.40. The number of hydrogen-bond donors (Lipinski definition) is 1. The molecule has 0 atom stereocenters. The summed E-state index contributed by atoms with van der Waals surface area (Å²) < 4.78 is 3.11. The van der Waals surface area contributed by atoms with Crippen LogP contribution < -0.4 is 5.32 Å². The van der Waals surface area contributed by atoms with Crippen molar-refractivity contribution in [2.75, 3.05) is 0 Å². The van der Waals surface area contributed by atoms with E-state index in [-0.39, 0.29) is 0 Å². The Morgan fingerprint density at radius 1 is 1.25 bits per heavy atom. The number of aryl methyl sites for hydroxylation is 2. The van der Waals surface area contributed by atoms with E-state index in [1.807, 2.05) is 11.6 Å². The van der Waals surface area contributed by atoms with Crippen molar-refractivity contribution in [3.63, 3.8) is 0 Å². The monoisotopic (exact) mass is 335 g/mol. The van der Waals surface area contributed by atoms with Crippen LogP contribution in [0.1, 0.15) is 36.4 Å². The summed E-state index contributed by atoms with van der Waals surface area (Å²) in [6.07, 6.45) is 0. The highest BCUT2D eigenvalue weighted by molar-refractivity contribution is 9.10. The molecule has 3 nitrogen and oxygen atoms in total. The average Bonchev–Trinajstić information content (AvgIpc) is 2.65. The van der Waals surface area contributed by atoms with E-state index in [1.54, 1.807) is 0 Å². The zero-order chi connectivity index (χ0) is 14.9. The molecule has 0 saturated heterocycles. The SMILES string of the molecule is Cc1ccc(CNC(C)C)cc1-n1nc(C)c(Br)c1C. The lowest BCUT2D eigenvalue weighted by atomic mass is 10.1. The van der Waals surface area contributed by atoms with Crippen LogP contribution in [0.3, 0.4) is 0 Å². The molecule has 2 aromatic rings. The summed E-state index contributed by atoms with van der Waals surface area (Å²) in [5.41, 5.74) is 5.82. The maximum absolute atomic E-state index is 4.63. The van der Waals surface area contributed by atoms with E-state index in [1.165, 1.54) is 11.1 Å². The number of nitrogens with one attached hydrogen (secondary N) is 1. The molecule has 0 spiro atoms. The lowest BCUT2D eigenvalue weighted by Crippen LogP contribution is -2.22. The fourth-order valence-electron chi connectivity index (χ4n) is 2.17. The van der Waals surface area contributed by atoms with Crippen LogP contribution in [-0.2, 0) is 6.54 Å². The van der Waals surface area contributed by atoms with Crippen molar-refractivity contribution in [1.29, 1.82) is 0 Å². The molecule has 1 heterocycles. The third kappa shape index (κ3) is 3.13. The number of rotatable bonds is 4. The molecule has 1 aromatic carbocycles. The van der Waals surface area contributed by atoms with Crippen molar-refractivity contribution in [3.8, 4) is 5.69 Å². The first-order chi connectivity index (χ1) is 9.40. The largest absolute Gasteiger partial charge is 0.310 e. The van der Waals surface area contributed by atoms with Gasteiger partial charge in [-0.15, -0.1) is 0 Å². The van der Waals surface area contributed by atoms with Gasteiger partial charge >= 0.3 is 0 Å². The summed E-state index contributed by atoms with van der Waals surface area (Å²) in [5.74, 6) is 0. The first kappa shape index (κ1) is 15.3. The molecular formula is C16H22BrN3. The summed E-state index contributed by atoms with van der Waals surface area (Å²) in [5, 5.41) is 8.08. The third-order valence-corrected chi connectivity index (χ3v) is 4.57. The van der Waals surface area contributed by atoms with Gasteiger partial charge < -0.3 is 5.32 Å². The molecule has 4 heteroatoms. The molecular weight excluding hydrogens is 314 g/mol. The van der Waals surface area contributed by atoms with Gasteiger partial charge in [-0.05, 0) is 53.9 Å². The normalized spacial score (nSPS) is 11.3. The van der Waals surface area contributed by atoms with Crippen LogP contribution in [0.2, 0.25) is 0 Å². The standard InChI is InChI=1S/C16H22BrN3/c1-10(2)18-9-14-7-6-11(3)15(8-14)20-13(5)16(17)12(4)19-20/h6-8,10,18H,9H2,1-5H3. The third-order valence-electron chi connectivity index (χ3n) is 3.42. The number of benzene rings is 1. The first-order valence-electron chi connectivity index (χ1n) is 6.95. The van der Waals surface area contributed by atoms with E-state index in [0.29, 0.717) is 6.04 Å². The van der Waals surface area contributed by atoms with Crippen LogP contribution in [-0.4, -0.2) is 15.8 Å². The number of nitrogens with zero attached hydrogens (tertiary/aromatic N) is 2. The second-order valence-electron chi connectivity index (χ2n) is 5.55. The summed E-state index contributed by atoms with van der Waals surface area (Å²) in [4.78, 5) is 0. The first-order valence-corrected chi connectivity index (χ1v) is 7.74. The van der Waals surface area contributed by atoms with Gasteiger partial charge in [0.2, 0.25) is 0 Å². The molecule has 0 unspecified atom stereocenters. The maximum atomic E-state index is 4.63. The molecule has 0 aliphatic carbocycles. The Labute approximate surface area is 129 Å². The highest BCUT2D eigenvalue weighted by Crippen LogP contribution is 2.25. The highest BCUT2D eigenvalue weighted by atomic mass is 79.9. The Hall–Kier alpha value is -1.13. The summed E-state index contributed by atoms with van der Waals surface area (Å²) in [6.45, 7) is 11.4. The summed E-state index contributed by atoms with van der Waals surface area (Å²) in [7, 11) is 0. The van der Waals surface area contributed by atoms with Crippen molar-refractivity contribution in [1.82, 2.24) is 15.1 Å². The molecule has 1 N–H and O–H groups in total. The van der Waals surface area contributed by atoms with E-state index >= 15 is 0 Å². The van der Waals surface area contributed by atoms with E-state index in [9.17, 15) is 0 Å². The predicted molar refractivity (Wildman–Crippen MR) is 87.5 cm³/mol. The molecule has 0 aliphatic heterocycles.